The first-order chi connectivity index (χ1) is 31.4. The molecule has 0 saturated heterocycles. The zero-order valence-corrected chi connectivity index (χ0v) is 41.9. The summed E-state index contributed by atoms with van der Waals surface area (Å²) in [6.07, 6.45) is 1.82. The fourth-order valence-corrected chi connectivity index (χ4v) is 11.3. The second kappa shape index (κ2) is 23.8. The van der Waals surface area contributed by atoms with Crippen LogP contribution in [0.4, 0.5) is 4.79 Å². The SMILES string of the molecule is CN[C@H](C(=O)C1c2ccccc2C[C@@H](C(=O)NC(CCSC)C(=O)OC)N1C[C@H](CSC(c1ccccc1)(c1ccccc1)c1ccccc1)NC(=O)OC(C)(C)C)C(C)(C)SNC(C)=O. The molecule has 4 aromatic carbocycles. The van der Waals surface area contributed by atoms with Gasteiger partial charge in [-0.2, -0.15) is 11.8 Å². The largest absolute Gasteiger partial charge is 0.467 e. The average Bonchev–Trinajstić information content (AvgIpc) is 3.29. The van der Waals surface area contributed by atoms with Gasteiger partial charge in [-0.05, 0) is 106 Å². The molecule has 2 unspecified atom stereocenters. The van der Waals surface area contributed by atoms with Gasteiger partial charge in [0.25, 0.3) is 0 Å². The van der Waals surface area contributed by atoms with E-state index in [1.807, 2.05) is 104 Å². The third-order valence-corrected chi connectivity index (χ3v) is 14.9. The van der Waals surface area contributed by atoms with Crippen LogP contribution in [-0.4, -0.2) is 108 Å². The van der Waals surface area contributed by atoms with Crippen molar-refractivity contribution in [2.24, 2.45) is 0 Å². The van der Waals surface area contributed by atoms with Crippen LogP contribution < -0.4 is 20.7 Å². The molecule has 0 aliphatic carbocycles. The van der Waals surface area contributed by atoms with Crippen LogP contribution in [0.25, 0.3) is 0 Å². The first-order valence-corrected chi connectivity index (χ1v) is 25.3. The molecule has 0 spiro atoms. The maximum Gasteiger partial charge on any atom is 0.407 e. The Morgan fingerprint density at radius 3 is 1.83 bits per heavy atom. The van der Waals surface area contributed by atoms with E-state index in [1.54, 1.807) is 51.3 Å². The number of amides is 3. The number of fused-ring (bicyclic) bond motifs is 1. The highest BCUT2D eigenvalue weighted by Gasteiger charge is 2.48. The number of benzene rings is 4. The van der Waals surface area contributed by atoms with Crippen molar-refractivity contribution in [1.82, 2.24) is 25.6 Å². The van der Waals surface area contributed by atoms with Gasteiger partial charge >= 0.3 is 12.1 Å². The Balaban J connectivity index is 1.70. The number of nitrogens with zero attached hydrogens (tertiary/aromatic N) is 1. The van der Waals surface area contributed by atoms with Crippen LogP contribution in [0.2, 0.25) is 0 Å². The Morgan fingerprint density at radius 1 is 0.788 bits per heavy atom. The molecule has 0 bridgehead atoms. The van der Waals surface area contributed by atoms with E-state index in [1.165, 1.54) is 14.0 Å². The molecule has 4 N–H and O–H groups in total. The van der Waals surface area contributed by atoms with E-state index in [0.717, 1.165) is 39.8 Å². The van der Waals surface area contributed by atoms with E-state index in [0.29, 0.717) is 17.9 Å². The Morgan fingerprint density at radius 2 is 1.33 bits per heavy atom. The van der Waals surface area contributed by atoms with E-state index in [-0.39, 0.29) is 24.7 Å². The first-order valence-electron chi connectivity index (χ1n) is 22.1. The summed E-state index contributed by atoms with van der Waals surface area (Å²) >= 11 is 4.33. The summed E-state index contributed by atoms with van der Waals surface area (Å²) in [5.74, 6) is -0.641. The number of ketones is 1. The standard InChI is InChI=1S/C51H65N5O7S3/c1-34(57)55-66-50(5,6)45(52-7)44(58)43-40-28-20-19-21-35(40)31-42(46(59)54-41(29-30-64-9)47(60)62-8)56(43)32-39(53-48(61)63-49(2,3)4)33-65-51(36-22-13-10-14-23-36,37-24-15-11-16-25-37)38-26-17-12-18-27-38/h10-28,39,41-43,45,52H,29-33H2,1-9H3,(H,53,61)(H,54,59)(H,55,57)/t39-,41?,42+,43?,45-/m1/s1. The molecular weight excluding hydrogens is 891 g/mol. The molecule has 15 heteroatoms. The summed E-state index contributed by atoms with van der Waals surface area (Å²) in [5.41, 5.74) is 3.76. The van der Waals surface area contributed by atoms with Crippen LogP contribution >= 0.6 is 35.5 Å². The highest BCUT2D eigenvalue weighted by molar-refractivity contribution is 8.00. The molecule has 1 aliphatic rings. The minimum Gasteiger partial charge on any atom is -0.467 e. The van der Waals surface area contributed by atoms with E-state index < -0.39 is 63.3 Å². The van der Waals surface area contributed by atoms with Gasteiger partial charge in [0.2, 0.25) is 11.8 Å². The lowest BCUT2D eigenvalue weighted by molar-refractivity contribution is -0.146. The van der Waals surface area contributed by atoms with Crippen molar-refractivity contribution in [3.63, 3.8) is 0 Å². The molecule has 0 radical (unpaired) electrons. The van der Waals surface area contributed by atoms with Gasteiger partial charge in [-0.25, -0.2) is 9.59 Å². The highest BCUT2D eigenvalue weighted by Crippen LogP contribution is 2.49. The number of rotatable bonds is 21. The summed E-state index contributed by atoms with van der Waals surface area (Å²) in [6.45, 7) is 10.6. The zero-order valence-electron chi connectivity index (χ0n) is 39.4. The minimum atomic E-state index is -1.02. The summed E-state index contributed by atoms with van der Waals surface area (Å²) in [4.78, 5) is 71.8. The number of likely N-dealkylation sites (N-methyl/N-ethyl adjacent to an activating group) is 1. The number of Topliss-reactive ketones (excluding diaryl/α,β-unsaturated/α-hetero) is 1. The predicted molar refractivity (Wildman–Crippen MR) is 268 cm³/mol. The third-order valence-electron chi connectivity index (χ3n) is 11.4. The average molecular weight is 956 g/mol. The van der Waals surface area contributed by atoms with Crippen LogP contribution in [0.5, 0.6) is 0 Å². The smallest absolute Gasteiger partial charge is 0.407 e. The molecule has 66 heavy (non-hydrogen) atoms. The predicted octanol–water partition coefficient (Wildman–Crippen LogP) is 7.70. The molecule has 5 rings (SSSR count). The van der Waals surface area contributed by atoms with Crippen molar-refractivity contribution in [3.8, 4) is 0 Å². The van der Waals surface area contributed by atoms with E-state index in [9.17, 15) is 19.2 Å². The molecule has 4 aromatic rings. The van der Waals surface area contributed by atoms with Crippen molar-refractivity contribution < 1.29 is 33.4 Å². The Labute approximate surface area is 403 Å². The van der Waals surface area contributed by atoms with Gasteiger partial charge in [0.05, 0.1) is 40.8 Å². The van der Waals surface area contributed by atoms with Crippen LogP contribution in [0, 0.1) is 0 Å². The second-order valence-electron chi connectivity index (χ2n) is 17.8. The number of ether oxygens (including phenoxy) is 2. The third kappa shape index (κ3) is 13.2. The number of carbonyl (C=O) groups excluding carboxylic acids is 5. The van der Waals surface area contributed by atoms with Crippen LogP contribution in [0.3, 0.4) is 0 Å². The van der Waals surface area contributed by atoms with Crippen LogP contribution in [0.15, 0.2) is 115 Å². The number of hydrogen-bond donors (Lipinski definition) is 4. The Bertz CT molecular complexity index is 2150. The highest BCUT2D eigenvalue weighted by atomic mass is 32.2. The number of alkyl carbamates (subject to hydrolysis) is 1. The number of thioether (sulfide) groups is 2. The van der Waals surface area contributed by atoms with Crippen molar-refractivity contribution in [1.29, 1.82) is 0 Å². The van der Waals surface area contributed by atoms with Crippen molar-refractivity contribution in [3.05, 3.63) is 143 Å². The Hall–Kier alpha value is -4.80. The lowest BCUT2D eigenvalue weighted by atomic mass is 9.81. The van der Waals surface area contributed by atoms with E-state index in [2.05, 4.69) is 57.1 Å². The number of esters is 1. The maximum absolute atomic E-state index is 15.6. The van der Waals surface area contributed by atoms with Gasteiger partial charge in [-0.15, -0.1) is 11.8 Å². The van der Waals surface area contributed by atoms with Gasteiger partial charge in [-0.3, -0.25) is 24.0 Å². The fourth-order valence-electron chi connectivity index (χ4n) is 8.47. The quantitative estimate of drug-likeness (QED) is 0.0368. The van der Waals surface area contributed by atoms with E-state index in [4.69, 9.17) is 9.47 Å². The molecule has 0 saturated carbocycles. The van der Waals surface area contributed by atoms with Gasteiger partial charge in [0.15, 0.2) is 5.78 Å². The first kappa shape index (κ1) is 52.2. The van der Waals surface area contributed by atoms with E-state index >= 15 is 4.79 Å². The zero-order chi connectivity index (χ0) is 48.1. The number of hydrogen-bond acceptors (Lipinski definition) is 12. The lowest BCUT2D eigenvalue weighted by Gasteiger charge is -2.46. The second-order valence-corrected chi connectivity index (χ2v) is 21.5. The van der Waals surface area contributed by atoms with Crippen molar-refractivity contribution in [2.45, 2.75) is 99.7 Å². The van der Waals surface area contributed by atoms with Crippen LogP contribution in [0.1, 0.15) is 81.8 Å². The maximum atomic E-state index is 15.6. The fraction of sp³-hybridized carbons (Fsp3) is 0.431. The summed E-state index contributed by atoms with van der Waals surface area (Å²) in [5, 5.41) is 9.42. The normalized spacial score (nSPS) is 16.7. The van der Waals surface area contributed by atoms with Gasteiger partial charge in [-0.1, -0.05) is 115 Å². The van der Waals surface area contributed by atoms with Gasteiger partial charge < -0.3 is 25.4 Å². The molecule has 1 aliphatic heterocycles. The summed E-state index contributed by atoms with van der Waals surface area (Å²) < 4.78 is 12.2. The summed E-state index contributed by atoms with van der Waals surface area (Å²) in [6, 6.07) is 33.8. The van der Waals surface area contributed by atoms with Crippen molar-refractivity contribution >= 4 is 65.1 Å². The molecule has 1 heterocycles. The number of methoxy groups -OCH3 is 1. The Kier molecular flexibility index (Phi) is 18.8. The van der Waals surface area contributed by atoms with Crippen molar-refractivity contribution in [2.75, 3.05) is 38.5 Å². The summed E-state index contributed by atoms with van der Waals surface area (Å²) in [7, 11) is 3.00. The monoisotopic (exact) mass is 955 g/mol. The van der Waals surface area contributed by atoms with Crippen LogP contribution in [-0.2, 0) is 39.8 Å². The molecule has 0 aromatic heterocycles. The van der Waals surface area contributed by atoms with Gasteiger partial charge in [0, 0.05) is 19.2 Å². The topological polar surface area (TPSA) is 155 Å². The molecule has 3 amide bonds. The lowest BCUT2D eigenvalue weighted by Crippen LogP contribution is -2.62. The molecule has 5 atom stereocenters. The van der Waals surface area contributed by atoms with Gasteiger partial charge in [0.1, 0.15) is 11.6 Å². The molecule has 12 nitrogen and oxygen atoms in total. The number of carbonyl (C=O) groups is 5. The molecule has 0 fully saturated rings. The number of nitrogens with one attached hydrogen (secondary N) is 4. The minimum absolute atomic E-state index is 0.0208. The molecular formula is C51H65N5O7S3. The molecule has 354 valence electrons.